The lowest BCUT2D eigenvalue weighted by Crippen LogP contribution is -2.12. The second-order valence-corrected chi connectivity index (χ2v) is 6.81. The summed E-state index contributed by atoms with van der Waals surface area (Å²) in [6.07, 6.45) is 1.70. The average molecular weight is 280 g/mol. The number of H-pyrrole nitrogens is 1. The lowest BCUT2D eigenvalue weighted by molar-refractivity contribution is 0.594. The topological polar surface area (TPSA) is 54.9 Å². The second kappa shape index (κ2) is 3.80. The van der Waals surface area contributed by atoms with Gasteiger partial charge in [-0.3, -0.25) is 0 Å². The zero-order valence-corrected chi connectivity index (χ0v) is 11.4. The van der Waals surface area contributed by atoms with Gasteiger partial charge in [0.1, 0.15) is 0 Å². The van der Waals surface area contributed by atoms with Crippen LogP contribution >= 0.6 is 12.2 Å². The molecule has 0 bridgehead atoms. The summed E-state index contributed by atoms with van der Waals surface area (Å²) in [4.78, 5) is 3.12. The molecule has 94 valence electrons. The van der Waals surface area contributed by atoms with Crippen LogP contribution in [0.2, 0.25) is 0 Å². The Bertz CT molecular complexity index is 812. The van der Waals surface area contributed by atoms with Crippen LogP contribution in [-0.2, 0) is 9.84 Å². The predicted molar refractivity (Wildman–Crippen MR) is 73.8 cm³/mol. The normalized spacial score (nSPS) is 21.7. The number of fused-ring (bicyclic) bond motifs is 1. The Morgan fingerprint density at radius 3 is 2.89 bits per heavy atom. The Balaban J connectivity index is 2.28. The van der Waals surface area contributed by atoms with Crippen molar-refractivity contribution in [3.63, 3.8) is 0 Å². The lowest BCUT2D eigenvalue weighted by Gasteiger charge is -2.11. The van der Waals surface area contributed by atoms with Gasteiger partial charge in [0.15, 0.2) is 14.6 Å². The molecule has 0 saturated carbocycles. The summed E-state index contributed by atoms with van der Waals surface area (Å²) in [5.74, 6) is 0.0859. The number of aryl methyl sites for hydroxylation is 1. The number of rotatable bonds is 1. The van der Waals surface area contributed by atoms with E-state index in [9.17, 15) is 8.42 Å². The highest BCUT2D eigenvalue weighted by molar-refractivity contribution is 7.94. The van der Waals surface area contributed by atoms with E-state index in [4.69, 9.17) is 12.2 Å². The zero-order valence-electron chi connectivity index (χ0n) is 9.75. The molecule has 3 rings (SSSR count). The van der Waals surface area contributed by atoms with Gasteiger partial charge in [0, 0.05) is 5.41 Å². The first-order chi connectivity index (χ1) is 8.48. The Hall–Kier alpha value is -1.40. The molecule has 1 aliphatic heterocycles. The van der Waals surface area contributed by atoms with Gasteiger partial charge in [0.2, 0.25) is 0 Å². The highest BCUT2D eigenvalue weighted by Gasteiger charge is 2.25. The van der Waals surface area contributed by atoms with Crippen LogP contribution in [0.1, 0.15) is 11.6 Å². The molecule has 0 amide bonds. The molecule has 0 spiro atoms. The number of nitrogens with zero attached hydrogens (tertiary/aromatic N) is 1. The fourth-order valence-corrected chi connectivity index (χ4v) is 4.00. The fraction of sp³-hybridized carbons (Fsp3) is 0.250. The van der Waals surface area contributed by atoms with Gasteiger partial charge in [0.25, 0.3) is 0 Å². The van der Waals surface area contributed by atoms with E-state index in [-0.39, 0.29) is 11.8 Å². The minimum Gasteiger partial charge on any atom is -0.331 e. The maximum absolute atomic E-state index is 11.5. The summed E-state index contributed by atoms with van der Waals surface area (Å²) in [6.45, 7) is 1.99. The maximum Gasteiger partial charge on any atom is 0.178 e. The molecule has 6 heteroatoms. The first-order valence-corrected chi connectivity index (χ1v) is 7.71. The van der Waals surface area contributed by atoms with Crippen LogP contribution in [0.3, 0.4) is 0 Å². The van der Waals surface area contributed by atoms with Crippen LogP contribution in [0.15, 0.2) is 29.7 Å². The van der Waals surface area contributed by atoms with Crippen molar-refractivity contribution < 1.29 is 8.42 Å². The van der Waals surface area contributed by atoms with Crippen molar-refractivity contribution >= 4 is 33.1 Å². The van der Waals surface area contributed by atoms with Crippen LogP contribution in [0.5, 0.6) is 0 Å². The molecule has 1 atom stereocenters. The van der Waals surface area contributed by atoms with Crippen molar-refractivity contribution in [1.82, 2.24) is 9.55 Å². The molecule has 1 unspecified atom stereocenters. The second-order valence-electron chi connectivity index (χ2n) is 4.50. The van der Waals surface area contributed by atoms with Crippen LogP contribution < -0.4 is 0 Å². The fourth-order valence-electron chi connectivity index (χ4n) is 2.39. The molecule has 1 aromatic carbocycles. The van der Waals surface area contributed by atoms with Crippen LogP contribution in [0, 0.1) is 11.7 Å². The molecular weight excluding hydrogens is 268 g/mol. The standard InChI is InChI=1S/C12H12N2O2S2/c1-8-3-2-4-10-11(8)14(12(17)13-10)9-5-6-18(15,16)7-9/h2-6,9H,7H2,1H3,(H,13,17). The zero-order chi connectivity index (χ0) is 12.9. The van der Waals surface area contributed by atoms with Crippen LogP contribution in [-0.4, -0.2) is 23.7 Å². The highest BCUT2D eigenvalue weighted by Crippen LogP contribution is 2.27. The Kier molecular flexibility index (Phi) is 2.46. The number of aromatic nitrogens is 2. The average Bonchev–Trinajstić information content (AvgIpc) is 2.79. The third-order valence-corrected chi connectivity index (χ3v) is 4.86. The Morgan fingerprint density at radius 2 is 2.22 bits per heavy atom. The van der Waals surface area contributed by atoms with E-state index in [0.717, 1.165) is 16.6 Å². The summed E-state index contributed by atoms with van der Waals surface area (Å²) in [7, 11) is -3.08. The summed E-state index contributed by atoms with van der Waals surface area (Å²) >= 11 is 5.30. The Morgan fingerprint density at radius 1 is 1.44 bits per heavy atom. The monoisotopic (exact) mass is 280 g/mol. The molecule has 2 heterocycles. The summed E-state index contributed by atoms with van der Waals surface area (Å²) in [5, 5.41) is 1.27. The molecule has 1 N–H and O–H groups in total. The molecule has 0 aliphatic carbocycles. The number of sulfone groups is 1. The van der Waals surface area contributed by atoms with Gasteiger partial charge < -0.3 is 9.55 Å². The van der Waals surface area contributed by atoms with E-state index in [0.29, 0.717) is 4.77 Å². The molecule has 0 saturated heterocycles. The lowest BCUT2D eigenvalue weighted by atomic mass is 10.2. The molecule has 0 radical (unpaired) electrons. The first kappa shape index (κ1) is 11.7. The van der Waals surface area contributed by atoms with Crippen LogP contribution in [0.4, 0.5) is 0 Å². The van der Waals surface area contributed by atoms with Gasteiger partial charge >= 0.3 is 0 Å². The number of para-hydroxylation sites is 1. The van der Waals surface area contributed by atoms with Crippen molar-refractivity contribution in [2.24, 2.45) is 0 Å². The van der Waals surface area contributed by atoms with Gasteiger partial charge in [-0.05, 0) is 36.8 Å². The van der Waals surface area contributed by atoms with Crippen molar-refractivity contribution in [2.75, 3.05) is 5.75 Å². The van der Waals surface area contributed by atoms with Gasteiger partial charge in [-0.1, -0.05) is 12.1 Å². The summed E-state index contributed by atoms with van der Waals surface area (Å²) in [6, 6.07) is 5.68. The van der Waals surface area contributed by atoms with E-state index in [2.05, 4.69) is 4.98 Å². The van der Waals surface area contributed by atoms with Gasteiger partial charge in [-0.25, -0.2) is 8.42 Å². The number of imidazole rings is 1. The van der Waals surface area contributed by atoms with Crippen molar-refractivity contribution in [1.29, 1.82) is 0 Å². The maximum atomic E-state index is 11.5. The van der Waals surface area contributed by atoms with Crippen molar-refractivity contribution in [3.8, 4) is 0 Å². The largest absolute Gasteiger partial charge is 0.331 e. The molecule has 1 aromatic heterocycles. The summed E-state index contributed by atoms with van der Waals surface area (Å²) < 4.78 is 25.5. The Labute approximate surface area is 110 Å². The van der Waals surface area contributed by atoms with Crippen LogP contribution in [0.25, 0.3) is 11.0 Å². The van der Waals surface area contributed by atoms with E-state index in [1.165, 1.54) is 5.41 Å². The quantitative estimate of drug-likeness (QED) is 0.817. The molecule has 4 nitrogen and oxygen atoms in total. The first-order valence-electron chi connectivity index (χ1n) is 5.59. The third kappa shape index (κ3) is 1.72. The number of benzene rings is 1. The molecule has 1 aliphatic rings. The van der Waals surface area contributed by atoms with Gasteiger partial charge in [-0.15, -0.1) is 0 Å². The van der Waals surface area contributed by atoms with E-state index in [1.54, 1.807) is 6.08 Å². The van der Waals surface area contributed by atoms with Crippen molar-refractivity contribution in [2.45, 2.75) is 13.0 Å². The van der Waals surface area contributed by atoms with E-state index >= 15 is 0 Å². The number of allylic oxidation sites excluding steroid dienone is 1. The number of hydrogen-bond acceptors (Lipinski definition) is 3. The van der Waals surface area contributed by atoms with Gasteiger partial charge in [0.05, 0.1) is 22.8 Å². The SMILES string of the molecule is Cc1cccc2[nH]c(=S)n(C3C=CS(=O)(=O)C3)c12. The minimum absolute atomic E-state index is 0.0859. The third-order valence-electron chi connectivity index (χ3n) is 3.18. The minimum atomic E-state index is -3.08. The number of hydrogen-bond donors (Lipinski definition) is 1. The van der Waals surface area contributed by atoms with Crippen molar-refractivity contribution in [3.05, 3.63) is 40.0 Å². The predicted octanol–water partition coefficient (Wildman–Crippen LogP) is 2.49. The van der Waals surface area contributed by atoms with Gasteiger partial charge in [-0.2, -0.15) is 0 Å². The number of aromatic amines is 1. The number of nitrogens with one attached hydrogen (secondary N) is 1. The van der Waals surface area contributed by atoms with E-state index < -0.39 is 9.84 Å². The highest BCUT2D eigenvalue weighted by atomic mass is 32.2. The molecular formula is C12H12N2O2S2. The smallest absolute Gasteiger partial charge is 0.178 e. The molecule has 2 aromatic rings. The van der Waals surface area contributed by atoms with E-state index in [1.807, 2.05) is 29.7 Å². The molecule has 0 fully saturated rings. The summed E-state index contributed by atoms with van der Waals surface area (Å²) in [5.41, 5.74) is 3.00. The molecule has 18 heavy (non-hydrogen) atoms.